The summed E-state index contributed by atoms with van der Waals surface area (Å²) in [4.78, 5) is 22.7. The Labute approximate surface area is 145 Å². The van der Waals surface area contributed by atoms with Crippen LogP contribution in [0.4, 0.5) is 5.95 Å². The van der Waals surface area contributed by atoms with E-state index < -0.39 is 0 Å². The van der Waals surface area contributed by atoms with Crippen molar-refractivity contribution in [2.24, 2.45) is 0 Å². The number of hydrogen-bond donors (Lipinski definition) is 1. The zero-order valence-corrected chi connectivity index (χ0v) is 14.2. The molecule has 1 saturated heterocycles. The molecule has 1 aliphatic rings. The fourth-order valence-electron chi connectivity index (χ4n) is 2.67. The van der Waals surface area contributed by atoms with Crippen LogP contribution in [0.2, 0.25) is 5.02 Å². The summed E-state index contributed by atoms with van der Waals surface area (Å²) in [5.74, 6) is 0.876. The molecule has 0 radical (unpaired) electrons. The molecule has 0 spiro atoms. The Morgan fingerprint density at radius 1 is 1.42 bits per heavy atom. The molecule has 1 N–H and O–H groups in total. The summed E-state index contributed by atoms with van der Waals surface area (Å²) in [5.41, 5.74) is 0.708. The summed E-state index contributed by atoms with van der Waals surface area (Å²) >= 11 is 5.99. The average molecular weight is 347 g/mol. The van der Waals surface area contributed by atoms with Gasteiger partial charge in [0, 0.05) is 24.7 Å². The molecule has 1 aliphatic heterocycles. The average Bonchev–Trinajstić information content (AvgIpc) is 3.07. The highest BCUT2D eigenvalue weighted by molar-refractivity contribution is 6.31. The molecule has 1 aromatic heterocycles. The first-order valence-corrected chi connectivity index (χ1v) is 8.31. The molecule has 7 heteroatoms. The van der Waals surface area contributed by atoms with Crippen LogP contribution in [-0.2, 0) is 0 Å². The molecule has 126 valence electrons. The number of aromatic nitrogens is 2. The van der Waals surface area contributed by atoms with Gasteiger partial charge in [-0.3, -0.25) is 4.79 Å². The third-order valence-corrected chi connectivity index (χ3v) is 4.08. The van der Waals surface area contributed by atoms with Gasteiger partial charge in [-0.05, 0) is 25.5 Å². The Hall–Kier alpha value is -2.34. The van der Waals surface area contributed by atoms with Gasteiger partial charge >= 0.3 is 0 Å². The largest absolute Gasteiger partial charge is 0.477 e. The number of rotatable bonds is 5. The lowest BCUT2D eigenvalue weighted by molar-refractivity contribution is 0.0791. The molecule has 1 unspecified atom stereocenters. The van der Waals surface area contributed by atoms with Gasteiger partial charge in [0.05, 0.1) is 12.8 Å². The van der Waals surface area contributed by atoms with E-state index in [4.69, 9.17) is 16.3 Å². The van der Waals surface area contributed by atoms with Crippen LogP contribution in [0.1, 0.15) is 23.7 Å². The highest BCUT2D eigenvalue weighted by Crippen LogP contribution is 2.23. The zero-order valence-electron chi connectivity index (χ0n) is 13.4. The molecule has 24 heavy (non-hydrogen) atoms. The normalized spacial score (nSPS) is 16.9. The van der Waals surface area contributed by atoms with Crippen LogP contribution in [-0.4, -0.2) is 46.5 Å². The second-order valence-corrected chi connectivity index (χ2v) is 5.93. The van der Waals surface area contributed by atoms with E-state index in [1.807, 2.05) is 42.2 Å². The number of ether oxygens (including phenoxy) is 1. The van der Waals surface area contributed by atoms with Crippen LogP contribution in [0, 0.1) is 0 Å². The lowest BCUT2D eigenvalue weighted by Crippen LogP contribution is -2.31. The second kappa shape index (κ2) is 7.49. The van der Waals surface area contributed by atoms with Gasteiger partial charge in [-0.25, -0.2) is 4.98 Å². The van der Waals surface area contributed by atoms with Crippen molar-refractivity contribution in [3.63, 3.8) is 0 Å². The van der Waals surface area contributed by atoms with Crippen molar-refractivity contribution < 1.29 is 9.53 Å². The van der Waals surface area contributed by atoms with E-state index in [0.29, 0.717) is 42.1 Å². The first-order chi connectivity index (χ1) is 11.7. The molecule has 2 heterocycles. The Kier molecular flexibility index (Phi) is 5.15. The smallest absolute Gasteiger partial charge is 0.253 e. The minimum atomic E-state index is 0.0481. The van der Waals surface area contributed by atoms with Crippen LogP contribution < -0.4 is 10.1 Å². The summed E-state index contributed by atoms with van der Waals surface area (Å²) in [5, 5.41) is 3.63. The molecule has 3 rings (SSSR count). The van der Waals surface area contributed by atoms with Crippen molar-refractivity contribution in [3.8, 4) is 5.88 Å². The Bertz CT molecular complexity index is 711. The van der Waals surface area contributed by atoms with E-state index in [9.17, 15) is 4.79 Å². The van der Waals surface area contributed by atoms with Crippen molar-refractivity contribution in [2.45, 2.75) is 19.4 Å². The fourth-order valence-corrected chi connectivity index (χ4v) is 2.81. The van der Waals surface area contributed by atoms with E-state index in [2.05, 4.69) is 15.3 Å². The molecular formula is C17H19ClN4O2. The van der Waals surface area contributed by atoms with E-state index in [-0.39, 0.29) is 11.9 Å². The van der Waals surface area contributed by atoms with Crippen LogP contribution >= 0.6 is 11.6 Å². The number of nitrogens with one attached hydrogen (secondary N) is 1. The van der Waals surface area contributed by atoms with E-state index in [1.54, 1.807) is 0 Å². The van der Waals surface area contributed by atoms with Crippen LogP contribution in [0.15, 0.2) is 36.5 Å². The first kappa shape index (κ1) is 16.5. The second-order valence-electron chi connectivity index (χ2n) is 5.53. The Morgan fingerprint density at radius 3 is 2.96 bits per heavy atom. The number of carbonyl (C=O) groups is 1. The van der Waals surface area contributed by atoms with Gasteiger partial charge in [-0.1, -0.05) is 29.8 Å². The molecule has 0 aliphatic carbocycles. The van der Waals surface area contributed by atoms with Crippen LogP contribution in [0.3, 0.4) is 0 Å². The summed E-state index contributed by atoms with van der Waals surface area (Å²) in [7, 11) is 0. The van der Waals surface area contributed by atoms with Gasteiger partial charge in [0.15, 0.2) is 0 Å². The van der Waals surface area contributed by atoms with Crippen molar-refractivity contribution in [3.05, 3.63) is 47.1 Å². The number of amides is 1. The molecule has 0 saturated carbocycles. The van der Waals surface area contributed by atoms with E-state index >= 15 is 0 Å². The van der Waals surface area contributed by atoms with Crippen molar-refractivity contribution in [1.82, 2.24) is 14.9 Å². The lowest BCUT2D eigenvalue weighted by atomic mass is 10.2. The molecule has 1 amide bonds. The summed E-state index contributed by atoms with van der Waals surface area (Å²) in [6.07, 6.45) is 2.36. The monoisotopic (exact) mass is 346 g/mol. The van der Waals surface area contributed by atoms with Gasteiger partial charge < -0.3 is 15.0 Å². The Balaban J connectivity index is 1.62. The van der Waals surface area contributed by atoms with Crippen molar-refractivity contribution in [2.75, 3.05) is 25.0 Å². The number of nitrogens with zero attached hydrogens (tertiary/aromatic N) is 3. The highest BCUT2D eigenvalue weighted by atomic mass is 35.5. The maximum absolute atomic E-state index is 12.5. The summed E-state index contributed by atoms with van der Waals surface area (Å²) in [6, 6.07) is 9.41. The molecule has 2 aromatic rings. The molecule has 0 bridgehead atoms. The summed E-state index contributed by atoms with van der Waals surface area (Å²) in [6.45, 7) is 3.68. The number of halogens is 1. The number of hydrogen-bond acceptors (Lipinski definition) is 5. The number of carbonyl (C=O) groups excluding carboxylic acids is 1. The van der Waals surface area contributed by atoms with E-state index in [1.165, 1.54) is 6.20 Å². The van der Waals surface area contributed by atoms with Crippen LogP contribution in [0.5, 0.6) is 5.88 Å². The molecule has 6 nitrogen and oxygen atoms in total. The minimum absolute atomic E-state index is 0.0481. The van der Waals surface area contributed by atoms with Gasteiger partial charge in [0.25, 0.3) is 5.91 Å². The maximum Gasteiger partial charge on any atom is 0.253 e. The maximum atomic E-state index is 12.5. The zero-order chi connectivity index (χ0) is 16.9. The Morgan fingerprint density at radius 2 is 2.21 bits per heavy atom. The topological polar surface area (TPSA) is 67.3 Å². The fraction of sp³-hybridized carbons (Fsp3) is 0.353. The van der Waals surface area contributed by atoms with Gasteiger partial charge in [0.2, 0.25) is 11.8 Å². The third-order valence-electron chi connectivity index (χ3n) is 3.82. The lowest BCUT2D eigenvalue weighted by Gasteiger charge is -2.17. The van der Waals surface area contributed by atoms with Crippen molar-refractivity contribution >= 4 is 23.5 Å². The summed E-state index contributed by atoms with van der Waals surface area (Å²) < 4.78 is 5.37. The number of likely N-dealkylation sites (tertiary alicyclic amines) is 1. The van der Waals surface area contributed by atoms with Gasteiger partial charge in [-0.2, -0.15) is 4.98 Å². The first-order valence-electron chi connectivity index (χ1n) is 7.93. The quantitative estimate of drug-likeness (QED) is 0.901. The predicted octanol–water partition coefficient (Wildman–Crippen LogP) is 2.86. The molecule has 1 aromatic carbocycles. The van der Waals surface area contributed by atoms with E-state index in [0.717, 1.165) is 6.42 Å². The number of benzene rings is 1. The number of anilines is 1. The standard InChI is InChI=1S/C17H19ClN4O2/c1-2-24-15-14(18)10-19-17(21-15)20-13-8-9-22(11-13)16(23)12-6-4-3-5-7-12/h3-7,10,13H,2,8-9,11H2,1H3,(H,19,20,21). The van der Waals surface area contributed by atoms with Crippen molar-refractivity contribution in [1.29, 1.82) is 0 Å². The highest BCUT2D eigenvalue weighted by Gasteiger charge is 2.27. The molecule has 1 atom stereocenters. The third kappa shape index (κ3) is 3.76. The SMILES string of the molecule is CCOc1nc(NC2CCN(C(=O)c3ccccc3)C2)ncc1Cl. The molecular weight excluding hydrogens is 328 g/mol. The van der Waals surface area contributed by atoms with Crippen LogP contribution in [0.25, 0.3) is 0 Å². The van der Waals surface area contributed by atoms with Gasteiger partial charge in [0.1, 0.15) is 5.02 Å². The molecule has 1 fully saturated rings. The predicted molar refractivity (Wildman–Crippen MR) is 92.6 cm³/mol. The minimum Gasteiger partial charge on any atom is -0.477 e. The van der Waals surface area contributed by atoms with Gasteiger partial charge in [-0.15, -0.1) is 0 Å².